The number of rotatable bonds is 4. The molecule has 1 atom stereocenters. The number of nitro groups is 1. The van der Waals surface area contributed by atoms with Crippen LogP contribution in [0, 0.1) is 27.4 Å². The molecule has 5 heteroatoms. The number of anilines is 1. The van der Waals surface area contributed by atoms with E-state index in [1.807, 2.05) is 6.07 Å². The van der Waals surface area contributed by atoms with Crippen molar-refractivity contribution in [3.05, 3.63) is 33.9 Å². The van der Waals surface area contributed by atoms with E-state index < -0.39 is 4.92 Å². The van der Waals surface area contributed by atoms with Crippen LogP contribution < -0.4 is 5.32 Å². The molecule has 1 aliphatic carbocycles. The lowest BCUT2D eigenvalue weighted by atomic mass is 9.99. The van der Waals surface area contributed by atoms with E-state index in [1.165, 1.54) is 31.7 Å². The van der Waals surface area contributed by atoms with Crippen molar-refractivity contribution in [2.24, 2.45) is 5.92 Å². The third-order valence-electron chi connectivity index (χ3n) is 3.83. The summed E-state index contributed by atoms with van der Waals surface area (Å²) in [6.07, 6.45) is 4.80. The molecule has 1 saturated carbocycles. The lowest BCUT2D eigenvalue weighted by Gasteiger charge is -2.21. The highest BCUT2D eigenvalue weighted by Crippen LogP contribution is 2.33. The molecule has 5 nitrogen and oxygen atoms in total. The molecule has 1 N–H and O–H groups in total. The monoisotopic (exact) mass is 259 g/mol. The zero-order valence-corrected chi connectivity index (χ0v) is 10.9. The molecule has 0 bridgehead atoms. The van der Waals surface area contributed by atoms with Crippen molar-refractivity contribution in [3.8, 4) is 6.07 Å². The molecule has 0 amide bonds. The van der Waals surface area contributed by atoms with Gasteiger partial charge in [0, 0.05) is 6.04 Å². The van der Waals surface area contributed by atoms with Crippen LogP contribution in [-0.4, -0.2) is 11.0 Å². The first-order chi connectivity index (χ1) is 9.13. The normalized spacial score (nSPS) is 16.8. The summed E-state index contributed by atoms with van der Waals surface area (Å²) in [5, 5.41) is 23.3. The van der Waals surface area contributed by atoms with Crippen molar-refractivity contribution in [1.82, 2.24) is 0 Å². The lowest BCUT2D eigenvalue weighted by molar-refractivity contribution is -0.384. The molecule has 19 heavy (non-hydrogen) atoms. The van der Waals surface area contributed by atoms with Gasteiger partial charge in [0.1, 0.15) is 17.3 Å². The molecule has 0 spiro atoms. The first kappa shape index (κ1) is 13.3. The first-order valence-electron chi connectivity index (χ1n) is 6.57. The number of hydrogen-bond donors (Lipinski definition) is 1. The van der Waals surface area contributed by atoms with E-state index in [2.05, 4.69) is 12.2 Å². The standard InChI is InChI=1S/C14H17N3O2/c1-10(11-5-2-3-6-11)16-13-8-4-7-12(9-15)14(13)17(18)19/h4,7-8,10-11,16H,2-3,5-6H2,1H3. The SMILES string of the molecule is CC(Nc1cccc(C#N)c1[N+](=O)[O-])C1CCCC1. The maximum absolute atomic E-state index is 11.1. The fourth-order valence-corrected chi connectivity index (χ4v) is 2.77. The van der Waals surface area contributed by atoms with Gasteiger partial charge in [-0.15, -0.1) is 0 Å². The predicted molar refractivity (Wildman–Crippen MR) is 72.9 cm³/mol. The summed E-state index contributed by atoms with van der Waals surface area (Å²) in [6.45, 7) is 2.05. The van der Waals surface area contributed by atoms with E-state index in [-0.39, 0.29) is 17.3 Å². The van der Waals surface area contributed by atoms with Gasteiger partial charge < -0.3 is 5.32 Å². The van der Waals surface area contributed by atoms with Crippen molar-refractivity contribution in [3.63, 3.8) is 0 Å². The molecule has 1 unspecified atom stereocenters. The van der Waals surface area contributed by atoms with E-state index >= 15 is 0 Å². The average Bonchev–Trinajstić information content (AvgIpc) is 2.92. The molecule has 1 aliphatic rings. The van der Waals surface area contributed by atoms with Crippen LogP contribution in [0.5, 0.6) is 0 Å². The Morgan fingerprint density at radius 1 is 1.47 bits per heavy atom. The van der Waals surface area contributed by atoms with Crippen molar-refractivity contribution < 1.29 is 4.92 Å². The van der Waals surface area contributed by atoms with Crippen LogP contribution in [0.25, 0.3) is 0 Å². The molecule has 1 aromatic carbocycles. The Hall–Kier alpha value is -2.09. The highest BCUT2D eigenvalue weighted by molar-refractivity contribution is 5.68. The predicted octanol–water partition coefficient (Wildman–Crippen LogP) is 3.46. The summed E-state index contributed by atoms with van der Waals surface area (Å²) in [7, 11) is 0. The zero-order valence-electron chi connectivity index (χ0n) is 10.9. The number of para-hydroxylation sites is 1. The van der Waals surface area contributed by atoms with Gasteiger partial charge in [0.15, 0.2) is 0 Å². The fourth-order valence-electron chi connectivity index (χ4n) is 2.77. The van der Waals surface area contributed by atoms with Crippen LogP contribution in [0.3, 0.4) is 0 Å². The maximum Gasteiger partial charge on any atom is 0.309 e. The van der Waals surface area contributed by atoms with Crippen LogP contribution in [-0.2, 0) is 0 Å². The third kappa shape index (κ3) is 2.84. The summed E-state index contributed by atoms with van der Waals surface area (Å²) in [4.78, 5) is 10.6. The van der Waals surface area contributed by atoms with E-state index in [9.17, 15) is 10.1 Å². The molecule has 1 aromatic rings. The van der Waals surface area contributed by atoms with Crippen molar-refractivity contribution in [2.45, 2.75) is 38.6 Å². The van der Waals surface area contributed by atoms with Crippen LogP contribution in [0.15, 0.2) is 18.2 Å². The Kier molecular flexibility index (Phi) is 4.00. The minimum Gasteiger partial charge on any atom is -0.377 e. The van der Waals surface area contributed by atoms with Gasteiger partial charge in [-0.3, -0.25) is 10.1 Å². The van der Waals surface area contributed by atoms with Crippen LogP contribution in [0.4, 0.5) is 11.4 Å². The topological polar surface area (TPSA) is 79.0 Å². The average molecular weight is 259 g/mol. The van der Waals surface area contributed by atoms with Crippen molar-refractivity contribution >= 4 is 11.4 Å². The molecular weight excluding hydrogens is 242 g/mol. The van der Waals surface area contributed by atoms with Gasteiger partial charge in [-0.05, 0) is 37.8 Å². The molecule has 0 radical (unpaired) electrons. The summed E-state index contributed by atoms with van der Waals surface area (Å²) in [5.41, 5.74) is 0.437. The highest BCUT2D eigenvalue weighted by atomic mass is 16.6. The largest absolute Gasteiger partial charge is 0.377 e. The third-order valence-corrected chi connectivity index (χ3v) is 3.83. The second kappa shape index (κ2) is 5.70. The number of nitrogens with zero attached hydrogens (tertiary/aromatic N) is 2. The van der Waals surface area contributed by atoms with Gasteiger partial charge in [0.25, 0.3) is 0 Å². The molecule has 2 rings (SSSR count). The first-order valence-corrected chi connectivity index (χ1v) is 6.57. The van der Waals surface area contributed by atoms with Gasteiger partial charge >= 0.3 is 5.69 Å². The van der Waals surface area contributed by atoms with Crippen molar-refractivity contribution in [1.29, 1.82) is 5.26 Å². The van der Waals surface area contributed by atoms with Crippen LogP contribution >= 0.6 is 0 Å². The minimum absolute atomic E-state index is 0.105. The number of nitrogens with one attached hydrogen (secondary N) is 1. The molecule has 100 valence electrons. The van der Waals surface area contributed by atoms with Crippen LogP contribution in [0.2, 0.25) is 0 Å². The molecular formula is C14H17N3O2. The summed E-state index contributed by atoms with van der Waals surface area (Å²) in [6, 6.07) is 6.89. The van der Waals surface area contributed by atoms with E-state index in [1.54, 1.807) is 12.1 Å². The smallest absolute Gasteiger partial charge is 0.309 e. The Balaban J connectivity index is 2.24. The Morgan fingerprint density at radius 3 is 2.74 bits per heavy atom. The van der Waals surface area contributed by atoms with E-state index in [0.717, 1.165) is 0 Å². The Morgan fingerprint density at radius 2 is 2.16 bits per heavy atom. The van der Waals surface area contributed by atoms with E-state index in [4.69, 9.17) is 5.26 Å². The van der Waals surface area contributed by atoms with Gasteiger partial charge in [-0.25, -0.2) is 0 Å². The summed E-state index contributed by atoms with van der Waals surface area (Å²) in [5.74, 6) is 0.561. The quantitative estimate of drug-likeness (QED) is 0.663. The minimum atomic E-state index is -0.484. The highest BCUT2D eigenvalue weighted by Gasteiger charge is 2.25. The fraction of sp³-hybridized carbons (Fsp3) is 0.500. The molecule has 0 heterocycles. The second-order valence-electron chi connectivity index (χ2n) is 5.05. The van der Waals surface area contributed by atoms with Gasteiger partial charge in [0.05, 0.1) is 4.92 Å². The van der Waals surface area contributed by atoms with Gasteiger partial charge in [-0.1, -0.05) is 18.9 Å². The summed E-state index contributed by atoms with van der Waals surface area (Å²) >= 11 is 0. The maximum atomic E-state index is 11.1. The van der Waals surface area contributed by atoms with Gasteiger partial charge in [0.2, 0.25) is 0 Å². The number of benzene rings is 1. The molecule has 0 saturated heterocycles. The zero-order chi connectivity index (χ0) is 13.8. The number of nitro benzene ring substituents is 1. The molecule has 0 aromatic heterocycles. The number of nitriles is 1. The van der Waals surface area contributed by atoms with E-state index in [0.29, 0.717) is 11.6 Å². The Bertz CT molecular complexity index is 516. The van der Waals surface area contributed by atoms with Gasteiger partial charge in [-0.2, -0.15) is 5.26 Å². The van der Waals surface area contributed by atoms with Crippen LogP contribution in [0.1, 0.15) is 38.2 Å². The van der Waals surface area contributed by atoms with Crippen molar-refractivity contribution in [2.75, 3.05) is 5.32 Å². The summed E-state index contributed by atoms with van der Waals surface area (Å²) < 4.78 is 0. The number of hydrogen-bond acceptors (Lipinski definition) is 4. The molecule has 0 aliphatic heterocycles. The second-order valence-corrected chi connectivity index (χ2v) is 5.05. The molecule has 1 fully saturated rings. The Labute approximate surface area is 112 Å². The lowest BCUT2D eigenvalue weighted by Crippen LogP contribution is -2.24.